The molecule has 3 aromatic rings. The minimum Gasteiger partial charge on any atom is -0.497 e. The van der Waals surface area contributed by atoms with Gasteiger partial charge in [0.25, 0.3) is 10.0 Å². The third-order valence-corrected chi connectivity index (χ3v) is 6.23. The van der Waals surface area contributed by atoms with E-state index >= 15 is 0 Å². The number of ketones is 1. The quantitative estimate of drug-likeness (QED) is 0.415. The maximum atomic E-state index is 13.0. The van der Waals surface area contributed by atoms with Crippen LogP contribution in [0.15, 0.2) is 71.6 Å². The zero-order valence-corrected chi connectivity index (χ0v) is 19.3. The predicted octanol–water partition coefficient (Wildman–Crippen LogP) is 4.25. The van der Waals surface area contributed by atoms with Crippen LogP contribution in [-0.4, -0.2) is 34.3 Å². The molecule has 0 atom stereocenters. The van der Waals surface area contributed by atoms with Crippen molar-refractivity contribution in [3.63, 3.8) is 0 Å². The summed E-state index contributed by atoms with van der Waals surface area (Å²) in [6.45, 7) is 0. The molecular formula is C24H23FN2O6S. The van der Waals surface area contributed by atoms with Crippen molar-refractivity contribution in [2.75, 3.05) is 24.3 Å². The number of halogens is 1. The Hall–Kier alpha value is -3.92. The van der Waals surface area contributed by atoms with Crippen LogP contribution in [0.4, 0.5) is 15.8 Å². The zero-order chi connectivity index (χ0) is 24.7. The van der Waals surface area contributed by atoms with Gasteiger partial charge in [-0.15, -0.1) is 0 Å². The summed E-state index contributed by atoms with van der Waals surface area (Å²) in [5, 5.41) is 2.59. The number of amides is 1. The third-order valence-electron chi connectivity index (χ3n) is 4.82. The van der Waals surface area contributed by atoms with Crippen LogP contribution in [0.3, 0.4) is 0 Å². The van der Waals surface area contributed by atoms with Gasteiger partial charge in [0.1, 0.15) is 22.2 Å². The Morgan fingerprint density at radius 1 is 0.853 bits per heavy atom. The molecule has 0 saturated carbocycles. The van der Waals surface area contributed by atoms with Crippen molar-refractivity contribution in [2.24, 2.45) is 0 Å². The largest absolute Gasteiger partial charge is 0.497 e. The van der Waals surface area contributed by atoms with Gasteiger partial charge < -0.3 is 14.8 Å². The first kappa shape index (κ1) is 24.7. The lowest BCUT2D eigenvalue weighted by Crippen LogP contribution is -2.16. The van der Waals surface area contributed by atoms with E-state index in [1.807, 2.05) is 0 Å². The maximum absolute atomic E-state index is 13.0. The number of benzene rings is 3. The lowest BCUT2D eigenvalue weighted by Gasteiger charge is -2.14. The molecule has 0 unspecified atom stereocenters. The molecule has 178 valence electrons. The Morgan fingerprint density at radius 3 is 2.12 bits per heavy atom. The zero-order valence-electron chi connectivity index (χ0n) is 18.5. The van der Waals surface area contributed by atoms with Crippen molar-refractivity contribution in [1.82, 2.24) is 0 Å². The fourth-order valence-corrected chi connectivity index (χ4v) is 4.32. The molecule has 34 heavy (non-hydrogen) atoms. The van der Waals surface area contributed by atoms with Crippen LogP contribution in [0, 0.1) is 5.82 Å². The summed E-state index contributed by atoms with van der Waals surface area (Å²) in [4.78, 5) is 24.3. The molecule has 0 aliphatic rings. The smallest absolute Gasteiger partial charge is 0.265 e. The second kappa shape index (κ2) is 10.8. The highest BCUT2D eigenvalue weighted by atomic mass is 32.2. The number of sulfonamides is 1. The Bertz CT molecular complexity index is 1280. The molecule has 0 radical (unpaired) electrons. The summed E-state index contributed by atoms with van der Waals surface area (Å²) in [7, 11) is -1.21. The van der Waals surface area contributed by atoms with Crippen molar-refractivity contribution in [1.29, 1.82) is 0 Å². The fraction of sp³-hybridized carbons (Fsp3) is 0.167. The summed E-state index contributed by atoms with van der Waals surface area (Å²) < 4.78 is 51.6. The van der Waals surface area contributed by atoms with Crippen molar-refractivity contribution in [3.05, 3.63) is 78.1 Å². The average Bonchev–Trinajstić information content (AvgIpc) is 2.83. The second-order valence-corrected chi connectivity index (χ2v) is 8.83. The summed E-state index contributed by atoms with van der Waals surface area (Å²) in [6.07, 6.45) is -0.216. The standard InChI is InChI=1S/C24H23FN2O6S/c1-32-20-10-7-18(8-11-20)27-34(30,31)23-15-19(9-13-22(23)33-2)26-24(29)14-12-21(28)16-3-5-17(25)6-4-16/h3-11,13,15,27H,12,14H2,1-2H3,(H,26,29). The Kier molecular flexibility index (Phi) is 7.85. The number of hydrogen-bond acceptors (Lipinski definition) is 6. The van der Waals surface area contributed by atoms with Crippen LogP contribution in [0.1, 0.15) is 23.2 Å². The van der Waals surface area contributed by atoms with Gasteiger partial charge in [-0.2, -0.15) is 0 Å². The number of carbonyl (C=O) groups excluding carboxylic acids is 2. The predicted molar refractivity (Wildman–Crippen MR) is 125 cm³/mol. The molecule has 1 amide bonds. The van der Waals surface area contributed by atoms with Gasteiger partial charge in [-0.1, -0.05) is 0 Å². The third kappa shape index (κ3) is 6.32. The molecule has 0 spiro atoms. The molecule has 10 heteroatoms. The minimum atomic E-state index is -4.05. The van der Waals surface area contributed by atoms with Gasteiger partial charge in [0.2, 0.25) is 5.91 Å². The highest BCUT2D eigenvalue weighted by Gasteiger charge is 2.21. The van der Waals surface area contributed by atoms with E-state index < -0.39 is 21.7 Å². The first-order valence-corrected chi connectivity index (χ1v) is 11.6. The van der Waals surface area contributed by atoms with Crippen LogP contribution in [0.25, 0.3) is 0 Å². The molecule has 2 N–H and O–H groups in total. The van der Waals surface area contributed by atoms with Crippen molar-refractivity contribution in [2.45, 2.75) is 17.7 Å². The lowest BCUT2D eigenvalue weighted by molar-refractivity contribution is -0.116. The number of nitrogens with one attached hydrogen (secondary N) is 2. The van der Waals surface area contributed by atoms with E-state index in [1.54, 1.807) is 24.3 Å². The molecule has 0 bridgehead atoms. The van der Waals surface area contributed by atoms with Gasteiger partial charge in [-0.3, -0.25) is 14.3 Å². The lowest BCUT2D eigenvalue weighted by atomic mass is 10.1. The number of ether oxygens (including phenoxy) is 2. The van der Waals surface area contributed by atoms with Gasteiger partial charge in [0.15, 0.2) is 5.78 Å². The Morgan fingerprint density at radius 2 is 1.50 bits per heavy atom. The van der Waals surface area contributed by atoms with Gasteiger partial charge in [-0.25, -0.2) is 12.8 Å². The van der Waals surface area contributed by atoms with Gasteiger partial charge in [-0.05, 0) is 66.7 Å². The highest BCUT2D eigenvalue weighted by molar-refractivity contribution is 7.92. The number of hydrogen-bond donors (Lipinski definition) is 2. The van der Waals surface area contributed by atoms with E-state index in [0.717, 1.165) is 0 Å². The van der Waals surface area contributed by atoms with Gasteiger partial charge in [0.05, 0.1) is 14.2 Å². The second-order valence-electron chi connectivity index (χ2n) is 7.18. The molecule has 0 heterocycles. The van der Waals surface area contributed by atoms with Crippen molar-refractivity contribution in [3.8, 4) is 11.5 Å². The van der Waals surface area contributed by atoms with E-state index in [9.17, 15) is 22.4 Å². The number of methoxy groups -OCH3 is 2. The van der Waals surface area contributed by atoms with E-state index in [-0.39, 0.29) is 35.0 Å². The molecule has 3 rings (SSSR count). The van der Waals surface area contributed by atoms with Crippen LogP contribution in [0.5, 0.6) is 11.5 Å². The first-order chi connectivity index (χ1) is 16.2. The average molecular weight is 487 g/mol. The highest BCUT2D eigenvalue weighted by Crippen LogP contribution is 2.29. The summed E-state index contributed by atoms with van der Waals surface area (Å²) in [5.41, 5.74) is 0.836. The molecule has 3 aromatic carbocycles. The Labute approximate surface area is 196 Å². The number of carbonyl (C=O) groups is 2. The van der Waals surface area contributed by atoms with Gasteiger partial charge >= 0.3 is 0 Å². The molecule has 0 aliphatic heterocycles. The van der Waals surface area contributed by atoms with Crippen molar-refractivity contribution < 1.29 is 31.9 Å². The summed E-state index contributed by atoms with van der Waals surface area (Å²) in [6, 6.07) is 15.5. The van der Waals surface area contributed by atoms with Gasteiger partial charge in [0, 0.05) is 29.8 Å². The molecule has 8 nitrogen and oxygen atoms in total. The SMILES string of the molecule is COc1ccc(NS(=O)(=O)c2cc(NC(=O)CCC(=O)c3ccc(F)cc3)ccc2OC)cc1. The minimum absolute atomic E-state index is 0.0855. The molecular weight excluding hydrogens is 463 g/mol. The monoisotopic (exact) mass is 486 g/mol. The number of anilines is 2. The normalized spacial score (nSPS) is 10.9. The molecule has 0 aliphatic carbocycles. The number of Topliss-reactive ketones (excluding diaryl/α,β-unsaturated/α-hetero) is 1. The van der Waals surface area contributed by atoms with E-state index in [0.29, 0.717) is 17.0 Å². The molecule has 0 fully saturated rings. The van der Waals surface area contributed by atoms with E-state index in [1.165, 1.54) is 56.7 Å². The first-order valence-electron chi connectivity index (χ1n) is 10.2. The Balaban J connectivity index is 1.70. The maximum Gasteiger partial charge on any atom is 0.265 e. The topological polar surface area (TPSA) is 111 Å². The van der Waals surface area contributed by atoms with Crippen LogP contribution >= 0.6 is 0 Å². The summed E-state index contributed by atoms with van der Waals surface area (Å²) >= 11 is 0. The molecule has 0 saturated heterocycles. The van der Waals surface area contributed by atoms with E-state index in [2.05, 4.69) is 10.0 Å². The van der Waals surface area contributed by atoms with Crippen LogP contribution < -0.4 is 19.5 Å². The van der Waals surface area contributed by atoms with Crippen molar-refractivity contribution >= 4 is 33.1 Å². The summed E-state index contributed by atoms with van der Waals surface area (Å²) in [5.74, 6) is -0.585. The molecule has 0 aromatic heterocycles. The van der Waals surface area contributed by atoms with E-state index in [4.69, 9.17) is 9.47 Å². The fourth-order valence-electron chi connectivity index (χ4n) is 3.06. The van der Waals surface area contributed by atoms with Crippen LogP contribution in [-0.2, 0) is 14.8 Å². The van der Waals surface area contributed by atoms with Crippen LogP contribution in [0.2, 0.25) is 0 Å². The number of rotatable bonds is 10.